The van der Waals surface area contributed by atoms with E-state index in [2.05, 4.69) is 0 Å². The molecule has 0 atom stereocenters. The number of rotatable bonds is 3. The maximum atomic E-state index is 10.4. The van der Waals surface area contributed by atoms with Crippen LogP contribution in [0.2, 0.25) is 0 Å². The normalized spacial score (nSPS) is 14.1. The molecule has 2 rings (SSSR count). The third-order valence-electron chi connectivity index (χ3n) is 2.50. The Hall–Kier alpha value is -1.33. The summed E-state index contributed by atoms with van der Waals surface area (Å²) in [6.07, 6.45) is 0.640. The minimum atomic E-state index is -0.825. The SMILES string of the molecule is O=C(O)CCc1ccc2c(c1)COB2O. The molecule has 0 saturated carbocycles. The molecule has 0 aliphatic carbocycles. The van der Waals surface area contributed by atoms with Crippen LogP contribution in [0.3, 0.4) is 0 Å². The van der Waals surface area contributed by atoms with E-state index in [0.29, 0.717) is 13.0 Å². The Bertz CT molecular complexity index is 391. The quantitative estimate of drug-likeness (QED) is 0.679. The molecule has 0 bridgehead atoms. The predicted molar refractivity (Wildman–Crippen MR) is 54.8 cm³/mol. The van der Waals surface area contributed by atoms with E-state index in [0.717, 1.165) is 16.6 Å². The third-order valence-corrected chi connectivity index (χ3v) is 2.50. The van der Waals surface area contributed by atoms with E-state index in [1.54, 1.807) is 6.07 Å². The molecule has 0 amide bonds. The summed E-state index contributed by atoms with van der Waals surface area (Å²) in [5.74, 6) is -0.799. The monoisotopic (exact) mass is 206 g/mol. The second kappa shape index (κ2) is 4.04. The summed E-state index contributed by atoms with van der Waals surface area (Å²) in [7, 11) is -0.825. The van der Waals surface area contributed by atoms with Crippen LogP contribution < -0.4 is 5.46 Å². The Morgan fingerprint density at radius 1 is 1.53 bits per heavy atom. The first-order chi connectivity index (χ1) is 7.16. The number of carbonyl (C=O) groups is 1. The Kier molecular flexibility index (Phi) is 2.75. The van der Waals surface area contributed by atoms with Gasteiger partial charge in [0.15, 0.2) is 0 Å². The first-order valence-electron chi connectivity index (χ1n) is 4.80. The van der Waals surface area contributed by atoms with E-state index in [1.165, 1.54) is 0 Å². The van der Waals surface area contributed by atoms with Gasteiger partial charge in [-0.1, -0.05) is 18.2 Å². The minimum Gasteiger partial charge on any atom is -0.481 e. The molecule has 2 N–H and O–H groups in total. The van der Waals surface area contributed by atoms with E-state index < -0.39 is 13.1 Å². The number of hydrogen-bond acceptors (Lipinski definition) is 3. The van der Waals surface area contributed by atoms with Crippen LogP contribution in [0.4, 0.5) is 0 Å². The molecule has 15 heavy (non-hydrogen) atoms. The average Bonchev–Trinajstić information content (AvgIpc) is 2.57. The number of carboxylic acids is 1. The molecule has 1 aliphatic rings. The van der Waals surface area contributed by atoms with E-state index in [9.17, 15) is 9.82 Å². The smallest absolute Gasteiger partial charge is 0.481 e. The van der Waals surface area contributed by atoms with Gasteiger partial charge >= 0.3 is 13.1 Å². The van der Waals surface area contributed by atoms with Crippen molar-refractivity contribution in [2.45, 2.75) is 19.4 Å². The Balaban J connectivity index is 2.12. The molecule has 78 valence electrons. The van der Waals surface area contributed by atoms with Gasteiger partial charge in [0.05, 0.1) is 6.61 Å². The summed E-state index contributed by atoms with van der Waals surface area (Å²) >= 11 is 0. The highest BCUT2D eigenvalue weighted by atomic mass is 16.5. The first-order valence-corrected chi connectivity index (χ1v) is 4.80. The third kappa shape index (κ3) is 2.19. The highest BCUT2D eigenvalue weighted by Gasteiger charge is 2.26. The fourth-order valence-corrected chi connectivity index (χ4v) is 1.69. The van der Waals surface area contributed by atoms with Crippen LogP contribution in [0.5, 0.6) is 0 Å². The van der Waals surface area contributed by atoms with Crippen molar-refractivity contribution in [3.63, 3.8) is 0 Å². The molecule has 5 heteroatoms. The lowest BCUT2D eigenvalue weighted by Gasteiger charge is -2.02. The van der Waals surface area contributed by atoms with Crippen LogP contribution >= 0.6 is 0 Å². The number of carboxylic acid groups (broad SMARTS) is 1. The van der Waals surface area contributed by atoms with E-state index in [4.69, 9.17) is 9.76 Å². The van der Waals surface area contributed by atoms with Crippen molar-refractivity contribution in [2.24, 2.45) is 0 Å². The lowest BCUT2D eigenvalue weighted by atomic mass is 9.79. The largest absolute Gasteiger partial charge is 0.491 e. The van der Waals surface area contributed by atoms with Crippen LogP contribution in [0.15, 0.2) is 18.2 Å². The number of aryl methyl sites for hydroxylation is 1. The van der Waals surface area contributed by atoms with Gasteiger partial charge in [-0.25, -0.2) is 0 Å². The summed E-state index contributed by atoms with van der Waals surface area (Å²) in [5, 5.41) is 17.9. The Morgan fingerprint density at radius 2 is 2.33 bits per heavy atom. The molecule has 1 aliphatic heterocycles. The Morgan fingerprint density at radius 3 is 3.07 bits per heavy atom. The van der Waals surface area contributed by atoms with E-state index in [-0.39, 0.29) is 6.42 Å². The molecular weight excluding hydrogens is 195 g/mol. The average molecular weight is 206 g/mol. The van der Waals surface area contributed by atoms with Crippen molar-refractivity contribution in [1.29, 1.82) is 0 Å². The van der Waals surface area contributed by atoms with Crippen LogP contribution in [0.1, 0.15) is 17.5 Å². The van der Waals surface area contributed by atoms with Crippen molar-refractivity contribution in [2.75, 3.05) is 0 Å². The number of fused-ring (bicyclic) bond motifs is 1. The molecule has 0 radical (unpaired) electrons. The molecule has 0 unspecified atom stereocenters. The van der Waals surface area contributed by atoms with Gasteiger partial charge in [-0.05, 0) is 23.0 Å². The van der Waals surface area contributed by atoms with Crippen LogP contribution in [-0.2, 0) is 22.5 Å². The van der Waals surface area contributed by atoms with Gasteiger partial charge in [0.2, 0.25) is 0 Å². The number of hydrogen-bond donors (Lipinski definition) is 2. The lowest BCUT2D eigenvalue weighted by Crippen LogP contribution is -2.27. The second-order valence-electron chi connectivity index (χ2n) is 3.59. The predicted octanol–water partition coefficient (Wildman–Crippen LogP) is -0.0785. The van der Waals surface area contributed by atoms with Gasteiger partial charge in [-0.2, -0.15) is 0 Å². The van der Waals surface area contributed by atoms with Crippen LogP contribution in [-0.4, -0.2) is 23.2 Å². The highest BCUT2D eigenvalue weighted by molar-refractivity contribution is 6.61. The fraction of sp³-hybridized carbons (Fsp3) is 0.300. The fourth-order valence-electron chi connectivity index (χ4n) is 1.69. The maximum Gasteiger partial charge on any atom is 0.491 e. The molecule has 0 saturated heterocycles. The molecule has 0 spiro atoms. The Labute approximate surface area is 87.6 Å². The summed E-state index contributed by atoms with van der Waals surface area (Å²) in [6, 6.07) is 5.53. The van der Waals surface area contributed by atoms with Gasteiger partial charge in [0, 0.05) is 6.42 Å². The zero-order chi connectivity index (χ0) is 10.8. The van der Waals surface area contributed by atoms with Gasteiger partial charge in [0.25, 0.3) is 0 Å². The van der Waals surface area contributed by atoms with Gasteiger partial charge in [-0.3, -0.25) is 4.79 Å². The second-order valence-corrected chi connectivity index (χ2v) is 3.59. The number of aliphatic carboxylic acids is 1. The molecule has 1 aromatic carbocycles. The number of benzene rings is 1. The molecule has 4 nitrogen and oxygen atoms in total. The van der Waals surface area contributed by atoms with Crippen LogP contribution in [0, 0.1) is 0 Å². The van der Waals surface area contributed by atoms with E-state index >= 15 is 0 Å². The highest BCUT2D eigenvalue weighted by Crippen LogP contribution is 2.13. The van der Waals surface area contributed by atoms with Crippen molar-refractivity contribution < 1.29 is 19.6 Å². The summed E-state index contributed by atoms with van der Waals surface area (Å²) in [5.41, 5.74) is 2.70. The summed E-state index contributed by atoms with van der Waals surface area (Å²) < 4.78 is 5.04. The molecule has 0 fully saturated rings. The van der Waals surface area contributed by atoms with Crippen molar-refractivity contribution >= 4 is 18.6 Å². The van der Waals surface area contributed by atoms with Gasteiger partial charge in [-0.15, -0.1) is 0 Å². The van der Waals surface area contributed by atoms with Gasteiger partial charge < -0.3 is 14.8 Å². The standard InChI is InChI=1S/C10H11BO4/c12-10(13)4-2-7-1-3-9-8(5-7)6-15-11(9)14/h1,3,5,14H,2,4,6H2,(H,12,13). The topological polar surface area (TPSA) is 66.8 Å². The van der Waals surface area contributed by atoms with Crippen molar-refractivity contribution in [1.82, 2.24) is 0 Å². The molecular formula is C10H11BO4. The van der Waals surface area contributed by atoms with Crippen molar-refractivity contribution in [3.8, 4) is 0 Å². The zero-order valence-corrected chi connectivity index (χ0v) is 8.14. The summed E-state index contributed by atoms with van der Waals surface area (Å²) in [4.78, 5) is 10.4. The molecule has 1 aromatic rings. The van der Waals surface area contributed by atoms with Crippen molar-refractivity contribution in [3.05, 3.63) is 29.3 Å². The van der Waals surface area contributed by atoms with Crippen LogP contribution in [0.25, 0.3) is 0 Å². The van der Waals surface area contributed by atoms with Gasteiger partial charge in [0.1, 0.15) is 0 Å². The lowest BCUT2D eigenvalue weighted by molar-refractivity contribution is -0.136. The minimum absolute atomic E-state index is 0.127. The zero-order valence-electron chi connectivity index (χ0n) is 8.14. The molecule has 0 aromatic heterocycles. The maximum absolute atomic E-state index is 10.4. The van der Waals surface area contributed by atoms with E-state index in [1.807, 2.05) is 12.1 Å². The molecule has 1 heterocycles. The summed E-state index contributed by atoms with van der Waals surface area (Å²) in [6.45, 7) is 0.400. The first kappa shape index (κ1) is 10.2.